The summed E-state index contributed by atoms with van der Waals surface area (Å²) in [5.41, 5.74) is 0.990. The molecule has 0 spiro atoms. The first-order valence-electron chi connectivity index (χ1n) is 5.42. The van der Waals surface area contributed by atoms with E-state index in [1.165, 1.54) is 0 Å². The first kappa shape index (κ1) is 12.1. The van der Waals surface area contributed by atoms with Gasteiger partial charge in [0.05, 0.1) is 0 Å². The molecule has 5 heteroatoms. The Bertz CT molecular complexity index is 380. The highest BCUT2D eigenvalue weighted by Gasteiger charge is 2.18. The molecule has 16 heavy (non-hydrogen) atoms. The van der Waals surface area contributed by atoms with Crippen LogP contribution in [-0.4, -0.2) is 28.4 Å². The molecule has 88 valence electrons. The Morgan fingerprint density at radius 2 is 1.94 bits per heavy atom. The molecule has 1 fully saturated rings. The number of nitrogens with zero attached hydrogens (tertiary/aromatic N) is 2. The molecule has 0 amide bonds. The minimum atomic E-state index is 0.571. The third kappa shape index (κ3) is 2.87. The van der Waals surface area contributed by atoms with Crippen LogP contribution in [0.4, 0.5) is 0 Å². The number of hydrogen-bond acceptors (Lipinski definition) is 4. The molecule has 2 heterocycles. The molecular formula is C11H15ClN2OS. The van der Waals surface area contributed by atoms with Crippen LogP contribution >= 0.6 is 23.4 Å². The van der Waals surface area contributed by atoms with E-state index in [1.54, 1.807) is 11.8 Å². The van der Waals surface area contributed by atoms with Crippen molar-refractivity contribution < 1.29 is 4.74 Å². The van der Waals surface area contributed by atoms with E-state index in [2.05, 4.69) is 9.97 Å². The Kier molecular flexibility index (Phi) is 4.05. The third-order valence-corrected chi connectivity index (χ3v) is 4.39. The number of ether oxygens (including phenoxy) is 1. The van der Waals surface area contributed by atoms with E-state index in [-0.39, 0.29) is 0 Å². The molecule has 0 bridgehead atoms. The molecule has 0 aliphatic carbocycles. The zero-order valence-electron chi connectivity index (χ0n) is 9.49. The quantitative estimate of drug-likeness (QED) is 0.764. The molecule has 2 rings (SSSR count). The fourth-order valence-electron chi connectivity index (χ4n) is 1.64. The average molecular weight is 259 g/mol. The first-order chi connectivity index (χ1) is 7.66. The van der Waals surface area contributed by atoms with Crippen LogP contribution in [0.15, 0.2) is 5.03 Å². The van der Waals surface area contributed by atoms with Crippen molar-refractivity contribution in [2.24, 2.45) is 0 Å². The van der Waals surface area contributed by atoms with Gasteiger partial charge in [-0.15, -0.1) is 11.8 Å². The normalized spacial score (nSPS) is 17.7. The number of hydrogen-bond donors (Lipinski definition) is 0. The number of rotatable bonds is 2. The van der Waals surface area contributed by atoms with Gasteiger partial charge in [-0.3, -0.25) is 0 Å². The Morgan fingerprint density at radius 1 is 1.25 bits per heavy atom. The topological polar surface area (TPSA) is 35.0 Å². The van der Waals surface area contributed by atoms with Gasteiger partial charge in [-0.2, -0.15) is 0 Å². The average Bonchev–Trinajstić information content (AvgIpc) is 2.27. The summed E-state index contributed by atoms with van der Waals surface area (Å²) in [6.45, 7) is 5.56. The van der Waals surface area contributed by atoms with E-state index in [9.17, 15) is 0 Å². The van der Waals surface area contributed by atoms with Crippen molar-refractivity contribution >= 4 is 23.4 Å². The van der Waals surface area contributed by atoms with Crippen LogP contribution in [0.25, 0.3) is 0 Å². The van der Waals surface area contributed by atoms with Crippen molar-refractivity contribution in [1.82, 2.24) is 9.97 Å². The Labute approximate surface area is 105 Å². The molecule has 1 aliphatic heterocycles. The fourth-order valence-corrected chi connectivity index (χ4v) is 3.11. The molecule has 3 nitrogen and oxygen atoms in total. The van der Waals surface area contributed by atoms with Gasteiger partial charge in [-0.25, -0.2) is 9.97 Å². The predicted molar refractivity (Wildman–Crippen MR) is 66.2 cm³/mol. The van der Waals surface area contributed by atoms with Crippen molar-refractivity contribution in [3.05, 3.63) is 16.5 Å². The SMILES string of the molecule is Cc1nc(Cl)c(C)c(SC2CCOCC2)n1. The number of aryl methyl sites for hydroxylation is 1. The summed E-state index contributed by atoms with van der Waals surface area (Å²) >= 11 is 7.85. The highest BCUT2D eigenvalue weighted by molar-refractivity contribution is 7.99. The Balaban J connectivity index is 2.13. The van der Waals surface area contributed by atoms with Gasteiger partial charge in [-0.05, 0) is 26.7 Å². The smallest absolute Gasteiger partial charge is 0.136 e. The van der Waals surface area contributed by atoms with Gasteiger partial charge in [0.2, 0.25) is 0 Å². The van der Waals surface area contributed by atoms with Crippen LogP contribution in [0.5, 0.6) is 0 Å². The van der Waals surface area contributed by atoms with Crippen LogP contribution in [-0.2, 0) is 4.74 Å². The third-order valence-electron chi connectivity index (χ3n) is 2.60. The van der Waals surface area contributed by atoms with Crippen molar-refractivity contribution in [3.63, 3.8) is 0 Å². The second-order valence-corrected chi connectivity index (χ2v) is 5.57. The summed E-state index contributed by atoms with van der Waals surface area (Å²) in [6.07, 6.45) is 2.18. The molecule has 0 aromatic carbocycles. The molecular weight excluding hydrogens is 244 g/mol. The lowest BCUT2D eigenvalue weighted by Gasteiger charge is -2.21. The summed E-state index contributed by atoms with van der Waals surface area (Å²) < 4.78 is 5.34. The lowest BCUT2D eigenvalue weighted by atomic mass is 10.2. The highest BCUT2D eigenvalue weighted by atomic mass is 35.5. The van der Waals surface area contributed by atoms with Gasteiger partial charge in [-0.1, -0.05) is 11.6 Å². The zero-order chi connectivity index (χ0) is 11.5. The second kappa shape index (κ2) is 5.34. The maximum absolute atomic E-state index is 6.05. The number of halogens is 1. The number of aromatic nitrogens is 2. The largest absolute Gasteiger partial charge is 0.381 e. The van der Waals surface area contributed by atoms with Gasteiger partial charge in [0.25, 0.3) is 0 Å². The van der Waals surface area contributed by atoms with Crippen molar-refractivity contribution in [2.75, 3.05) is 13.2 Å². The van der Waals surface area contributed by atoms with Crippen LogP contribution in [0.2, 0.25) is 5.15 Å². The van der Waals surface area contributed by atoms with E-state index < -0.39 is 0 Å². The molecule has 0 saturated carbocycles. The zero-order valence-corrected chi connectivity index (χ0v) is 11.1. The molecule has 0 unspecified atom stereocenters. The molecule has 0 N–H and O–H groups in total. The minimum absolute atomic E-state index is 0.571. The van der Waals surface area contributed by atoms with E-state index in [4.69, 9.17) is 16.3 Å². The summed E-state index contributed by atoms with van der Waals surface area (Å²) in [7, 11) is 0. The molecule has 1 aromatic rings. The molecule has 0 radical (unpaired) electrons. The van der Waals surface area contributed by atoms with Gasteiger partial charge in [0.1, 0.15) is 16.0 Å². The maximum atomic E-state index is 6.05. The van der Waals surface area contributed by atoms with Gasteiger partial charge >= 0.3 is 0 Å². The Morgan fingerprint density at radius 3 is 2.62 bits per heavy atom. The standard InChI is InChI=1S/C11H15ClN2OS/c1-7-10(12)13-8(2)14-11(7)16-9-3-5-15-6-4-9/h9H,3-6H2,1-2H3. The van der Waals surface area contributed by atoms with Crippen LogP contribution in [0.3, 0.4) is 0 Å². The van der Waals surface area contributed by atoms with E-state index >= 15 is 0 Å². The van der Waals surface area contributed by atoms with Gasteiger partial charge < -0.3 is 4.74 Å². The van der Waals surface area contributed by atoms with Gasteiger partial charge in [0, 0.05) is 24.0 Å². The first-order valence-corrected chi connectivity index (χ1v) is 6.67. The van der Waals surface area contributed by atoms with E-state index in [1.807, 2.05) is 13.8 Å². The highest BCUT2D eigenvalue weighted by Crippen LogP contribution is 2.32. The predicted octanol–water partition coefficient (Wildman–Crippen LogP) is 3.02. The molecule has 0 atom stereocenters. The second-order valence-electron chi connectivity index (χ2n) is 3.92. The number of thioether (sulfide) groups is 1. The summed E-state index contributed by atoms with van der Waals surface area (Å²) in [6, 6.07) is 0. The van der Waals surface area contributed by atoms with Crippen molar-refractivity contribution in [1.29, 1.82) is 0 Å². The van der Waals surface area contributed by atoms with E-state index in [0.29, 0.717) is 10.4 Å². The molecule has 1 saturated heterocycles. The van der Waals surface area contributed by atoms with Crippen LogP contribution < -0.4 is 0 Å². The van der Waals surface area contributed by atoms with E-state index in [0.717, 1.165) is 42.5 Å². The fraction of sp³-hybridized carbons (Fsp3) is 0.636. The summed E-state index contributed by atoms with van der Waals surface area (Å²) in [5.74, 6) is 0.741. The van der Waals surface area contributed by atoms with Gasteiger partial charge in [0.15, 0.2) is 0 Å². The van der Waals surface area contributed by atoms with Crippen LogP contribution in [0, 0.1) is 13.8 Å². The lowest BCUT2D eigenvalue weighted by molar-refractivity contribution is 0.1000. The lowest BCUT2D eigenvalue weighted by Crippen LogP contribution is -2.17. The Hall–Kier alpha value is -0.320. The molecule has 1 aromatic heterocycles. The summed E-state index contributed by atoms with van der Waals surface area (Å²) in [4.78, 5) is 8.60. The summed E-state index contributed by atoms with van der Waals surface area (Å²) in [5, 5.41) is 2.18. The van der Waals surface area contributed by atoms with Crippen LogP contribution in [0.1, 0.15) is 24.2 Å². The van der Waals surface area contributed by atoms with Crippen molar-refractivity contribution in [2.45, 2.75) is 37.0 Å². The maximum Gasteiger partial charge on any atom is 0.136 e. The monoisotopic (exact) mass is 258 g/mol. The molecule has 1 aliphatic rings. The minimum Gasteiger partial charge on any atom is -0.381 e. The van der Waals surface area contributed by atoms with Crippen molar-refractivity contribution in [3.8, 4) is 0 Å².